The largest absolute Gasteiger partial charge is 0.480 e. The lowest BCUT2D eigenvalue weighted by Crippen LogP contribution is -2.51. The van der Waals surface area contributed by atoms with Gasteiger partial charge in [0.15, 0.2) is 6.04 Å². The van der Waals surface area contributed by atoms with Crippen molar-refractivity contribution in [1.82, 2.24) is 10.6 Å². The molecule has 8 heteroatoms. The Morgan fingerprint density at radius 2 is 2.00 bits per heavy atom. The predicted molar refractivity (Wildman–Crippen MR) is 63.2 cm³/mol. The molecule has 3 unspecified atom stereocenters. The number of rotatable bonds is 7. The van der Waals surface area contributed by atoms with Gasteiger partial charge in [-0.25, -0.2) is 9.59 Å². The smallest absolute Gasteiger partial charge is 0.328 e. The topological polar surface area (TPSA) is 116 Å². The second-order valence-electron chi connectivity index (χ2n) is 3.39. The first-order valence-electron chi connectivity index (χ1n) is 5.18. The number of carbonyl (C=O) groups excluding carboxylic acids is 1. The molecule has 0 saturated heterocycles. The van der Waals surface area contributed by atoms with E-state index in [2.05, 4.69) is 10.6 Å². The van der Waals surface area contributed by atoms with Crippen LogP contribution in [0.15, 0.2) is 0 Å². The molecule has 0 saturated carbocycles. The van der Waals surface area contributed by atoms with Gasteiger partial charge in [0.1, 0.15) is 0 Å². The number of aliphatic hydroxyl groups is 1. The molecule has 4 N–H and O–H groups in total. The maximum atomic E-state index is 11.2. The molecule has 0 bridgehead atoms. The van der Waals surface area contributed by atoms with E-state index < -0.39 is 34.9 Å². The lowest BCUT2D eigenvalue weighted by Gasteiger charge is -2.17. The third-order valence-corrected chi connectivity index (χ3v) is 3.28. The minimum Gasteiger partial charge on any atom is -0.480 e. The van der Waals surface area contributed by atoms with E-state index in [1.165, 1.54) is 6.92 Å². The predicted octanol–water partition coefficient (Wildman–Crippen LogP) is -1.11. The highest BCUT2D eigenvalue weighted by atomic mass is 32.2. The van der Waals surface area contributed by atoms with Crippen molar-refractivity contribution in [2.45, 2.75) is 26.0 Å². The van der Waals surface area contributed by atoms with E-state index in [-0.39, 0.29) is 6.54 Å². The molecule has 0 heterocycles. The van der Waals surface area contributed by atoms with Crippen LogP contribution in [0.2, 0.25) is 0 Å². The third-order valence-electron chi connectivity index (χ3n) is 1.97. The number of aliphatic hydroxyl groups excluding tert-OH is 1. The van der Waals surface area contributed by atoms with Crippen molar-refractivity contribution < 1.29 is 24.0 Å². The first kappa shape index (κ1) is 15.9. The minimum absolute atomic E-state index is 0.193. The molecule has 0 aromatic heterocycles. The van der Waals surface area contributed by atoms with Crippen LogP contribution in [0.25, 0.3) is 0 Å². The second kappa shape index (κ2) is 8.02. The van der Waals surface area contributed by atoms with Gasteiger partial charge in [0.05, 0.1) is 6.10 Å². The quantitative estimate of drug-likeness (QED) is 0.466. The summed E-state index contributed by atoms with van der Waals surface area (Å²) in [6.07, 6.45) is -1.19. The van der Waals surface area contributed by atoms with Crippen molar-refractivity contribution in [2.24, 2.45) is 0 Å². The number of urea groups is 1. The first-order valence-corrected chi connectivity index (χ1v) is 6.67. The number of carboxylic acids is 1. The van der Waals surface area contributed by atoms with E-state index in [0.717, 1.165) is 0 Å². The van der Waals surface area contributed by atoms with Gasteiger partial charge in [-0.1, -0.05) is 6.92 Å². The van der Waals surface area contributed by atoms with Crippen LogP contribution in [0.5, 0.6) is 0 Å². The van der Waals surface area contributed by atoms with Gasteiger partial charge >= 0.3 is 12.0 Å². The Labute approximate surface area is 102 Å². The lowest BCUT2D eigenvalue weighted by molar-refractivity contribution is -0.141. The Morgan fingerprint density at radius 3 is 2.41 bits per heavy atom. The normalized spacial score (nSPS) is 15.7. The third kappa shape index (κ3) is 6.90. The van der Waals surface area contributed by atoms with E-state index in [0.29, 0.717) is 11.5 Å². The maximum absolute atomic E-state index is 11.2. The summed E-state index contributed by atoms with van der Waals surface area (Å²) in [5.41, 5.74) is 0. The van der Waals surface area contributed by atoms with Gasteiger partial charge in [-0.05, 0) is 6.92 Å². The van der Waals surface area contributed by atoms with Gasteiger partial charge in [-0.15, -0.1) is 0 Å². The second-order valence-corrected chi connectivity index (χ2v) is 5.25. The molecular formula is C9H18N2O5S. The van der Waals surface area contributed by atoms with E-state index in [1.807, 2.05) is 0 Å². The van der Waals surface area contributed by atoms with Crippen molar-refractivity contribution in [3.05, 3.63) is 0 Å². The molecule has 0 radical (unpaired) electrons. The van der Waals surface area contributed by atoms with E-state index in [4.69, 9.17) is 10.2 Å². The summed E-state index contributed by atoms with van der Waals surface area (Å²) in [6, 6.07) is -2.06. The number of carbonyl (C=O) groups is 2. The SMILES string of the molecule is CCS(=O)CCNC(=O)NC(C(=O)O)C(C)O. The number of nitrogens with one attached hydrogen (secondary N) is 2. The van der Waals surface area contributed by atoms with Crippen molar-refractivity contribution in [1.29, 1.82) is 0 Å². The number of amides is 2. The average Bonchev–Trinajstić information content (AvgIpc) is 2.24. The number of carboxylic acid groups (broad SMARTS) is 1. The van der Waals surface area contributed by atoms with Crippen molar-refractivity contribution in [3.8, 4) is 0 Å². The number of hydrogen-bond donors (Lipinski definition) is 4. The standard InChI is InChI=1S/C9H18N2O5S/c1-3-17(16)5-4-10-9(15)11-7(6(2)12)8(13)14/h6-7,12H,3-5H2,1-2H3,(H,13,14)(H2,10,11,15). The molecular weight excluding hydrogens is 248 g/mol. The van der Waals surface area contributed by atoms with E-state index in [9.17, 15) is 13.8 Å². The Morgan fingerprint density at radius 1 is 1.41 bits per heavy atom. The highest BCUT2D eigenvalue weighted by molar-refractivity contribution is 7.84. The van der Waals surface area contributed by atoms with Gasteiger partial charge in [0.2, 0.25) is 0 Å². The summed E-state index contributed by atoms with van der Waals surface area (Å²) < 4.78 is 11.0. The molecule has 100 valence electrons. The fourth-order valence-corrected chi connectivity index (χ4v) is 1.62. The van der Waals surface area contributed by atoms with Crippen LogP contribution >= 0.6 is 0 Å². The molecule has 0 spiro atoms. The summed E-state index contributed by atoms with van der Waals surface area (Å²) >= 11 is 0. The summed E-state index contributed by atoms with van der Waals surface area (Å²) in [4.78, 5) is 21.9. The van der Waals surface area contributed by atoms with Gasteiger partial charge < -0.3 is 20.8 Å². The molecule has 0 aliphatic carbocycles. The summed E-state index contributed by atoms with van der Waals surface area (Å²) in [6.45, 7) is 3.23. The maximum Gasteiger partial charge on any atom is 0.328 e. The zero-order valence-electron chi connectivity index (χ0n) is 9.80. The van der Waals surface area contributed by atoms with Crippen LogP contribution in [0.3, 0.4) is 0 Å². The Bertz CT molecular complexity index is 295. The summed E-state index contributed by atoms with van der Waals surface area (Å²) in [7, 11) is -0.982. The fraction of sp³-hybridized carbons (Fsp3) is 0.778. The van der Waals surface area contributed by atoms with Crippen molar-refractivity contribution in [2.75, 3.05) is 18.1 Å². The number of hydrogen-bond acceptors (Lipinski definition) is 4. The zero-order valence-corrected chi connectivity index (χ0v) is 10.6. The minimum atomic E-state index is -1.35. The monoisotopic (exact) mass is 266 g/mol. The average molecular weight is 266 g/mol. The van der Waals surface area contributed by atoms with Crippen molar-refractivity contribution in [3.63, 3.8) is 0 Å². The van der Waals surface area contributed by atoms with Crippen LogP contribution in [-0.2, 0) is 15.6 Å². The van der Waals surface area contributed by atoms with E-state index in [1.54, 1.807) is 6.92 Å². The van der Waals surface area contributed by atoms with Crippen LogP contribution in [0.4, 0.5) is 4.79 Å². The van der Waals surface area contributed by atoms with Gasteiger partial charge in [-0.3, -0.25) is 4.21 Å². The summed E-state index contributed by atoms with van der Waals surface area (Å²) in [5, 5.41) is 22.3. The molecule has 0 fully saturated rings. The van der Waals surface area contributed by atoms with E-state index >= 15 is 0 Å². The summed E-state index contributed by atoms with van der Waals surface area (Å²) in [5.74, 6) is -0.488. The van der Waals surface area contributed by atoms with Crippen LogP contribution in [-0.4, -0.2) is 56.6 Å². The van der Waals surface area contributed by atoms with Gasteiger partial charge in [0, 0.05) is 28.9 Å². The molecule has 2 amide bonds. The molecule has 17 heavy (non-hydrogen) atoms. The molecule has 0 aromatic carbocycles. The number of aliphatic carboxylic acids is 1. The Kier molecular flexibility index (Phi) is 7.47. The lowest BCUT2D eigenvalue weighted by atomic mass is 10.2. The molecule has 0 aromatic rings. The van der Waals surface area contributed by atoms with Crippen LogP contribution in [0.1, 0.15) is 13.8 Å². The van der Waals surface area contributed by atoms with Gasteiger partial charge in [0.25, 0.3) is 0 Å². The van der Waals surface area contributed by atoms with Gasteiger partial charge in [-0.2, -0.15) is 0 Å². The van der Waals surface area contributed by atoms with Crippen molar-refractivity contribution >= 4 is 22.8 Å². The Balaban J connectivity index is 3.99. The first-order chi connectivity index (χ1) is 7.88. The fourth-order valence-electron chi connectivity index (χ4n) is 1.00. The van der Waals surface area contributed by atoms with Crippen LogP contribution in [0, 0.1) is 0 Å². The molecule has 0 aliphatic rings. The highest BCUT2D eigenvalue weighted by Crippen LogP contribution is 1.92. The van der Waals surface area contributed by atoms with Crippen LogP contribution < -0.4 is 10.6 Å². The zero-order chi connectivity index (χ0) is 13.4. The molecule has 3 atom stereocenters. The molecule has 0 rings (SSSR count). The Hall–Kier alpha value is -1.15. The highest BCUT2D eigenvalue weighted by Gasteiger charge is 2.24. The molecule has 0 aliphatic heterocycles. The molecule has 7 nitrogen and oxygen atoms in total.